The lowest BCUT2D eigenvalue weighted by molar-refractivity contribution is 0.0697. The second-order valence-corrected chi connectivity index (χ2v) is 5.44. The van der Waals surface area contributed by atoms with Crippen LogP contribution >= 0.6 is 23.2 Å². The third-order valence-electron chi connectivity index (χ3n) is 3.15. The number of carboxylic acids is 1. The summed E-state index contributed by atoms with van der Waals surface area (Å²) in [7, 11) is 0. The van der Waals surface area contributed by atoms with Gasteiger partial charge in [0.15, 0.2) is 5.82 Å². The van der Waals surface area contributed by atoms with Crippen molar-refractivity contribution >= 4 is 51.7 Å². The summed E-state index contributed by atoms with van der Waals surface area (Å²) in [5.74, 6) is -0.627. The number of halogens is 2. The van der Waals surface area contributed by atoms with E-state index in [4.69, 9.17) is 23.2 Å². The summed E-state index contributed by atoms with van der Waals surface area (Å²) >= 11 is 12.0. The molecule has 1 aromatic carbocycles. The number of nitrogens with one attached hydrogen (secondary N) is 2. The van der Waals surface area contributed by atoms with E-state index in [1.165, 1.54) is 6.33 Å². The van der Waals surface area contributed by atoms with Crippen LogP contribution in [0.25, 0.3) is 11.0 Å². The fraction of sp³-hybridized carbons (Fsp3) is 0.0714. The van der Waals surface area contributed by atoms with Crippen molar-refractivity contribution < 1.29 is 9.90 Å². The van der Waals surface area contributed by atoms with Gasteiger partial charge in [0.2, 0.25) is 0 Å². The first-order valence-corrected chi connectivity index (χ1v) is 7.02. The maximum atomic E-state index is 11.3. The van der Waals surface area contributed by atoms with Gasteiger partial charge >= 0.3 is 5.97 Å². The highest BCUT2D eigenvalue weighted by molar-refractivity contribution is 6.36. The number of imidazole rings is 1. The molecular formula is C14H10Cl2N4O2. The molecule has 0 unspecified atom stereocenters. The highest BCUT2D eigenvalue weighted by atomic mass is 35.5. The maximum Gasteiger partial charge on any atom is 0.339 e. The number of benzene rings is 1. The number of pyridine rings is 1. The van der Waals surface area contributed by atoms with Crippen molar-refractivity contribution in [1.29, 1.82) is 0 Å². The number of carboxylic acid groups (broad SMARTS) is 1. The third kappa shape index (κ3) is 2.47. The Morgan fingerprint density at radius 2 is 2.14 bits per heavy atom. The van der Waals surface area contributed by atoms with Gasteiger partial charge < -0.3 is 15.4 Å². The van der Waals surface area contributed by atoms with Crippen LogP contribution in [0.5, 0.6) is 0 Å². The summed E-state index contributed by atoms with van der Waals surface area (Å²) in [6.45, 7) is 1.62. The molecule has 2 heterocycles. The van der Waals surface area contributed by atoms with Crippen molar-refractivity contribution in [1.82, 2.24) is 15.0 Å². The Bertz CT molecular complexity index is 892. The summed E-state index contributed by atoms with van der Waals surface area (Å²) in [4.78, 5) is 22.6. The van der Waals surface area contributed by atoms with Gasteiger partial charge in [0.05, 0.1) is 22.7 Å². The van der Waals surface area contributed by atoms with Gasteiger partial charge in [-0.3, -0.25) is 0 Å². The van der Waals surface area contributed by atoms with Gasteiger partial charge in [-0.05, 0) is 25.1 Å². The van der Waals surface area contributed by atoms with Gasteiger partial charge in [0, 0.05) is 5.02 Å². The van der Waals surface area contributed by atoms with E-state index < -0.39 is 5.97 Å². The molecule has 8 heteroatoms. The highest BCUT2D eigenvalue weighted by Crippen LogP contribution is 2.31. The Morgan fingerprint density at radius 3 is 2.82 bits per heavy atom. The van der Waals surface area contributed by atoms with Crippen LogP contribution in [-0.2, 0) is 0 Å². The zero-order valence-electron chi connectivity index (χ0n) is 11.3. The topological polar surface area (TPSA) is 90.9 Å². The number of rotatable bonds is 3. The number of aromatic nitrogens is 3. The molecule has 3 aromatic rings. The van der Waals surface area contributed by atoms with E-state index in [9.17, 15) is 9.90 Å². The first kappa shape index (κ1) is 14.6. The fourth-order valence-electron chi connectivity index (χ4n) is 2.18. The zero-order chi connectivity index (χ0) is 15.9. The molecule has 22 heavy (non-hydrogen) atoms. The number of carbonyl (C=O) groups is 1. The van der Waals surface area contributed by atoms with E-state index in [-0.39, 0.29) is 5.56 Å². The lowest BCUT2D eigenvalue weighted by Gasteiger charge is -2.11. The Kier molecular flexibility index (Phi) is 3.64. The molecule has 0 atom stereocenters. The Balaban J connectivity index is 2.14. The second-order valence-electron chi connectivity index (χ2n) is 4.60. The molecule has 3 N–H and O–H groups in total. The summed E-state index contributed by atoms with van der Waals surface area (Å²) in [5, 5.41) is 13.3. The molecule has 2 aromatic heterocycles. The minimum Gasteiger partial charge on any atom is -0.478 e. The van der Waals surface area contributed by atoms with Crippen molar-refractivity contribution in [2.24, 2.45) is 0 Å². The predicted octanol–water partition coefficient (Wildman–Crippen LogP) is 4.01. The Hall–Kier alpha value is -2.31. The lowest BCUT2D eigenvalue weighted by atomic mass is 10.1. The number of anilines is 2. The predicted molar refractivity (Wildman–Crippen MR) is 85.3 cm³/mol. The number of hydrogen-bond acceptors (Lipinski definition) is 4. The molecule has 112 valence electrons. The average molecular weight is 337 g/mol. The van der Waals surface area contributed by atoms with Crippen molar-refractivity contribution in [2.75, 3.05) is 5.32 Å². The van der Waals surface area contributed by atoms with Crippen LogP contribution in [0.15, 0.2) is 24.5 Å². The van der Waals surface area contributed by atoms with Crippen LogP contribution in [0.3, 0.4) is 0 Å². The molecule has 6 nitrogen and oxygen atoms in total. The summed E-state index contributed by atoms with van der Waals surface area (Å²) in [6, 6.07) is 5.02. The fourth-order valence-corrected chi connectivity index (χ4v) is 2.64. The largest absolute Gasteiger partial charge is 0.478 e. The molecule has 0 amide bonds. The first-order chi connectivity index (χ1) is 10.5. The van der Waals surface area contributed by atoms with E-state index in [1.807, 2.05) is 0 Å². The zero-order valence-corrected chi connectivity index (χ0v) is 12.8. The highest BCUT2D eigenvalue weighted by Gasteiger charge is 2.19. The summed E-state index contributed by atoms with van der Waals surface area (Å²) in [6.07, 6.45) is 1.42. The number of aryl methyl sites for hydroxylation is 1. The minimum absolute atomic E-state index is 0.0732. The van der Waals surface area contributed by atoms with E-state index in [0.717, 1.165) is 0 Å². The number of aromatic carboxylic acids is 1. The van der Waals surface area contributed by atoms with Gasteiger partial charge in [0.1, 0.15) is 16.6 Å². The molecule has 0 aliphatic rings. The van der Waals surface area contributed by atoms with Crippen LogP contribution in [0.2, 0.25) is 10.0 Å². The second kappa shape index (κ2) is 5.47. The molecule has 0 radical (unpaired) electrons. The number of H-pyrrole nitrogens is 1. The summed E-state index contributed by atoms with van der Waals surface area (Å²) < 4.78 is 0. The van der Waals surface area contributed by atoms with Crippen molar-refractivity contribution in [3.05, 3.63) is 45.8 Å². The molecule has 0 aliphatic carbocycles. The molecular weight excluding hydrogens is 327 g/mol. The molecule has 0 saturated heterocycles. The van der Waals surface area contributed by atoms with Gasteiger partial charge in [-0.2, -0.15) is 0 Å². The Labute approximate surface area is 135 Å². The van der Waals surface area contributed by atoms with Crippen molar-refractivity contribution in [3.63, 3.8) is 0 Å². The van der Waals surface area contributed by atoms with Crippen LogP contribution in [0, 0.1) is 6.92 Å². The smallest absolute Gasteiger partial charge is 0.339 e. The number of fused-ring (bicyclic) bond motifs is 1. The average Bonchev–Trinajstić information content (AvgIpc) is 2.90. The first-order valence-electron chi connectivity index (χ1n) is 6.26. The summed E-state index contributed by atoms with van der Waals surface area (Å²) in [5.41, 5.74) is 1.88. The van der Waals surface area contributed by atoms with Gasteiger partial charge in [0.25, 0.3) is 0 Å². The quantitative estimate of drug-likeness (QED) is 0.672. The number of nitrogens with zero attached hydrogens (tertiary/aromatic N) is 2. The number of hydrogen-bond donors (Lipinski definition) is 3. The third-order valence-corrected chi connectivity index (χ3v) is 3.70. The molecule has 0 spiro atoms. The standard InChI is InChI=1S/C14H10Cl2N4O2/c1-6-10(14(21)22)11-12(18-5-17-11)13(19-6)20-9-3-2-7(15)4-8(9)16/h2-5H,1H3,(H,17,18)(H,19,20)(H,21,22). The van der Waals surface area contributed by atoms with Gasteiger partial charge in [-0.15, -0.1) is 0 Å². The molecule has 0 saturated carbocycles. The number of aromatic amines is 1. The van der Waals surface area contributed by atoms with Crippen molar-refractivity contribution in [3.8, 4) is 0 Å². The van der Waals surface area contributed by atoms with Gasteiger partial charge in [-0.1, -0.05) is 23.2 Å². The van der Waals surface area contributed by atoms with Crippen LogP contribution in [0.1, 0.15) is 16.1 Å². The molecule has 3 rings (SSSR count). The molecule has 0 fully saturated rings. The van der Waals surface area contributed by atoms with Crippen molar-refractivity contribution in [2.45, 2.75) is 6.92 Å². The van der Waals surface area contributed by atoms with E-state index >= 15 is 0 Å². The lowest BCUT2D eigenvalue weighted by Crippen LogP contribution is -2.06. The minimum atomic E-state index is -1.07. The molecule has 0 aliphatic heterocycles. The Morgan fingerprint density at radius 1 is 1.36 bits per heavy atom. The normalized spacial score (nSPS) is 10.9. The van der Waals surface area contributed by atoms with Crippen LogP contribution in [0.4, 0.5) is 11.5 Å². The van der Waals surface area contributed by atoms with Gasteiger partial charge in [-0.25, -0.2) is 14.8 Å². The van der Waals surface area contributed by atoms with Crippen LogP contribution < -0.4 is 5.32 Å². The van der Waals surface area contributed by atoms with E-state index in [1.54, 1.807) is 25.1 Å². The van der Waals surface area contributed by atoms with E-state index in [2.05, 4.69) is 20.3 Å². The SMILES string of the molecule is Cc1nc(Nc2ccc(Cl)cc2Cl)c2[nH]cnc2c1C(=O)O. The molecule has 0 bridgehead atoms. The maximum absolute atomic E-state index is 11.3. The monoisotopic (exact) mass is 336 g/mol. The van der Waals surface area contributed by atoms with Crippen LogP contribution in [-0.4, -0.2) is 26.0 Å². The van der Waals surface area contributed by atoms with E-state index in [0.29, 0.717) is 38.3 Å².